The third-order valence-corrected chi connectivity index (χ3v) is 6.17. The number of nitrogens with zero attached hydrogens (tertiary/aromatic N) is 2. The van der Waals surface area contributed by atoms with Crippen LogP contribution in [-0.2, 0) is 0 Å². The average Bonchev–Trinajstić information content (AvgIpc) is 3.33. The molecular formula is C28H21BrFN3O2. The first kappa shape index (κ1) is 22.8. The number of hydrazone groups is 1. The van der Waals surface area contributed by atoms with E-state index in [9.17, 15) is 9.18 Å². The van der Waals surface area contributed by atoms with Gasteiger partial charge < -0.3 is 10.1 Å². The van der Waals surface area contributed by atoms with Gasteiger partial charge in [0, 0.05) is 16.1 Å². The molecule has 0 saturated carbocycles. The summed E-state index contributed by atoms with van der Waals surface area (Å²) in [5.74, 6) is 1.00. The van der Waals surface area contributed by atoms with Crippen molar-refractivity contribution >= 4 is 33.4 Å². The summed E-state index contributed by atoms with van der Waals surface area (Å²) in [7, 11) is 0. The first-order chi connectivity index (χ1) is 17.0. The molecule has 1 aliphatic rings. The van der Waals surface area contributed by atoms with E-state index in [2.05, 4.69) is 26.3 Å². The maximum atomic E-state index is 13.2. The van der Waals surface area contributed by atoms with Crippen LogP contribution in [0.4, 0.5) is 14.9 Å². The minimum absolute atomic E-state index is 0.108. The van der Waals surface area contributed by atoms with Gasteiger partial charge in [0.2, 0.25) is 0 Å². The number of carbonyl (C=O) groups excluding carboxylic acids is 1. The Labute approximate surface area is 211 Å². The minimum Gasteiger partial charge on any atom is -0.457 e. The third-order valence-electron chi connectivity index (χ3n) is 5.65. The van der Waals surface area contributed by atoms with Gasteiger partial charge in [0.15, 0.2) is 0 Å². The van der Waals surface area contributed by atoms with Gasteiger partial charge in [-0.2, -0.15) is 5.10 Å². The predicted molar refractivity (Wildman–Crippen MR) is 139 cm³/mol. The molecule has 5 nitrogen and oxygen atoms in total. The number of ether oxygens (including phenoxy) is 1. The molecule has 1 aliphatic heterocycles. The van der Waals surface area contributed by atoms with E-state index in [1.807, 2.05) is 78.9 Å². The zero-order chi connectivity index (χ0) is 24.2. The van der Waals surface area contributed by atoms with Crippen molar-refractivity contribution in [2.45, 2.75) is 5.92 Å². The number of anilines is 1. The molecule has 1 heterocycles. The third kappa shape index (κ3) is 5.41. The fourth-order valence-electron chi connectivity index (χ4n) is 3.89. The van der Waals surface area contributed by atoms with E-state index in [4.69, 9.17) is 4.74 Å². The van der Waals surface area contributed by atoms with Gasteiger partial charge in [-0.15, -0.1) is 0 Å². The highest BCUT2D eigenvalue weighted by Gasteiger charge is 2.32. The first-order valence-electron chi connectivity index (χ1n) is 11.1. The Kier molecular flexibility index (Phi) is 6.59. The lowest BCUT2D eigenvalue weighted by Crippen LogP contribution is -2.30. The van der Waals surface area contributed by atoms with E-state index in [1.165, 1.54) is 29.3 Å². The van der Waals surface area contributed by atoms with Gasteiger partial charge in [0.05, 0.1) is 12.3 Å². The molecule has 0 radical (unpaired) electrons. The molecule has 4 aromatic rings. The van der Waals surface area contributed by atoms with Gasteiger partial charge in [0.25, 0.3) is 0 Å². The Balaban J connectivity index is 1.40. The second kappa shape index (κ2) is 10.1. The summed E-state index contributed by atoms with van der Waals surface area (Å²) in [4.78, 5) is 13.0. The van der Waals surface area contributed by atoms with Gasteiger partial charge in [-0.25, -0.2) is 14.2 Å². The van der Waals surface area contributed by atoms with E-state index in [0.29, 0.717) is 18.0 Å². The molecule has 0 bridgehead atoms. The first-order valence-corrected chi connectivity index (χ1v) is 11.9. The fourth-order valence-corrected chi connectivity index (χ4v) is 4.15. The molecule has 0 spiro atoms. The lowest BCUT2D eigenvalue weighted by atomic mass is 9.90. The standard InChI is InChI=1S/C28H21BrFN3O2/c29-21-10-6-19(7-11-21)26-18-33(28(34)31-23-14-12-22(30)13-15-23)32-27(26)20-8-16-25(17-9-20)35-24-4-2-1-3-5-24/h1-17,26H,18H2,(H,31,34). The topological polar surface area (TPSA) is 53.9 Å². The SMILES string of the molecule is O=C(Nc1ccc(F)cc1)N1CC(c2ccc(Br)cc2)C(c2ccc(Oc3ccccc3)cc2)=N1. The van der Waals surface area contributed by atoms with Crippen LogP contribution in [0.1, 0.15) is 17.0 Å². The second-order valence-electron chi connectivity index (χ2n) is 8.05. The van der Waals surface area contributed by atoms with Crippen LogP contribution in [-0.4, -0.2) is 23.3 Å². The fraction of sp³-hybridized carbons (Fsp3) is 0.0714. The van der Waals surface area contributed by atoms with E-state index in [0.717, 1.165) is 27.1 Å². The summed E-state index contributed by atoms with van der Waals surface area (Å²) in [5.41, 5.74) is 3.24. The molecule has 1 atom stereocenters. The minimum atomic E-state index is -0.377. The molecular weight excluding hydrogens is 509 g/mol. The molecule has 0 fully saturated rings. The van der Waals surface area contributed by atoms with Crippen LogP contribution in [0.2, 0.25) is 0 Å². The number of para-hydroxylation sites is 1. The number of rotatable bonds is 5. The van der Waals surface area contributed by atoms with Gasteiger partial charge >= 0.3 is 6.03 Å². The Hall–Kier alpha value is -3.97. The van der Waals surface area contributed by atoms with Gasteiger partial charge in [-0.3, -0.25) is 0 Å². The highest BCUT2D eigenvalue weighted by Crippen LogP contribution is 2.31. The van der Waals surface area contributed by atoms with Crippen LogP contribution < -0.4 is 10.1 Å². The second-order valence-corrected chi connectivity index (χ2v) is 8.96. The molecule has 7 heteroatoms. The van der Waals surface area contributed by atoms with Crippen LogP contribution >= 0.6 is 15.9 Å². The summed E-state index contributed by atoms with van der Waals surface area (Å²) < 4.78 is 20.1. The number of amides is 2. The quantitative estimate of drug-likeness (QED) is 0.292. The smallest absolute Gasteiger partial charge is 0.342 e. The van der Waals surface area contributed by atoms with Crippen molar-refractivity contribution < 1.29 is 13.9 Å². The van der Waals surface area contributed by atoms with Crippen LogP contribution in [0.15, 0.2) is 113 Å². The summed E-state index contributed by atoms with van der Waals surface area (Å²) in [5, 5.41) is 8.88. The maximum Gasteiger partial charge on any atom is 0.342 e. The molecule has 0 aliphatic carbocycles. The van der Waals surface area contributed by atoms with E-state index < -0.39 is 0 Å². The molecule has 2 amide bonds. The van der Waals surface area contributed by atoms with Crippen molar-refractivity contribution in [1.82, 2.24) is 5.01 Å². The average molecular weight is 530 g/mol. The van der Waals surface area contributed by atoms with Crippen molar-refractivity contribution in [1.29, 1.82) is 0 Å². The van der Waals surface area contributed by atoms with Crippen LogP contribution in [0.5, 0.6) is 11.5 Å². The largest absolute Gasteiger partial charge is 0.457 e. The monoisotopic (exact) mass is 529 g/mol. The lowest BCUT2D eigenvalue weighted by molar-refractivity contribution is 0.218. The van der Waals surface area contributed by atoms with Gasteiger partial charge in [0.1, 0.15) is 17.3 Å². The Bertz CT molecular complexity index is 1340. The van der Waals surface area contributed by atoms with E-state index >= 15 is 0 Å². The summed E-state index contributed by atoms with van der Waals surface area (Å²) in [6.45, 7) is 0.381. The van der Waals surface area contributed by atoms with E-state index in [-0.39, 0.29) is 17.8 Å². The molecule has 1 unspecified atom stereocenters. The lowest BCUT2D eigenvalue weighted by Gasteiger charge is -2.16. The highest BCUT2D eigenvalue weighted by atomic mass is 79.9. The predicted octanol–water partition coefficient (Wildman–Crippen LogP) is 7.42. The maximum absolute atomic E-state index is 13.2. The zero-order valence-electron chi connectivity index (χ0n) is 18.6. The van der Waals surface area contributed by atoms with Gasteiger partial charge in [-0.1, -0.05) is 46.3 Å². The van der Waals surface area contributed by atoms with Crippen LogP contribution in [0, 0.1) is 5.82 Å². The van der Waals surface area contributed by atoms with Crippen molar-refractivity contribution in [2.24, 2.45) is 5.10 Å². The number of nitrogens with one attached hydrogen (secondary N) is 1. The van der Waals surface area contributed by atoms with E-state index in [1.54, 1.807) is 0 Å². The number of urea groups is 1. The number of benzene rings is 4. The Morgan fingerprint density at radius 1 is 0.886 bits per heavy atom. The number of hydrogen-bond donors (Lipinski definition) is 1. The van der Waals surface area contributed by atoms with Crippen LogP contribution in [0.25, 0.3) is 0 Å². The van der Waals surface area contributed by atoms with Crippen molar-refractivity contribution in [3.63, 3.8) is 0 Å². The molecule has 0 aromatic heterocycles. The molecule has 174 valence electrons. The molecule has 5 rings (SSSR count). The molecule has 0 saturated heterocycles. The molecule has 1 N–H and O–H groups in total. The number of halogens is 2. The molecule has 4 aromatic carbocycles. The zero-order valence-corrected chi connectivity index (χ0v) is 20.2. The van der Waals surface area contributed by atoms with Crippen molar-refractivity contribution in [2.75, 3.05) is 11.9 Å². The Morgan fingerprint density at radius 3 is 2.23 bits per heavy atom. The van der Waals surface area contributed by atoms with Crippen molar-refractivity contribution in [3.8, 4) is 11.5 Å². The molecule has 35 heavy (non-hydrogen) atoms. The van der Waals surface area contributed by atoms with Gasteiger partial charge in [-0.05, 0) is 83.9 Å². The highest BCUT2D eigenvalue weighted by molar-refractivity contribution is 9.10. The normalized spacial score (nSPS) is 15.0. The Morgan fingerprint density at radius 2 is 1.54 bits per heavy atom. The summed E-state index contributed by atoms with van der Waals surface area (Å²) in [6, 6.07) is 30.5. The number of carbonyl (C=O) groups is 1. The van der Waals surface area contributed by atoms with Crippen LogP contribution in [0.3, 0.4) is 0 Å². The summed E-state index contributed by atoms with van der Waals surface area (Å²) in [6.07, 6.45) is 0. The number of hydrogen-bond acceptors (Lipinski definition) is 3. The summed E-state index contributed by atoms with van der Waals surface area (Å²) >= 11 is 3.48. The van der Waals surface area contributed by atoms with Crippen molar-refractivity contribution in [3.05, 3.63) is 125 Å².